The second kappa shape index (κ2) is 9.26. The number of nitrogens with one attached hydrogen (secondary N) is 2. The van der Waals surface area contributed by atoms with Gasteiger partial charge in [-0.1, -0.05) is 24.6 Å². The molecule has 1 aromatic carbocycles. The van der Waals surface area contributed by atoms with Gasteiger partial charge in [-0.3, -0.25) is 14.5 Å². The van der Waals surface area contributed by atoms with Gasteiger partial charge >= 0.3 is 0 Å². The Bertz CT molecular complexity index is 1320. The number of benzene rings is 1. The third-order valence-electron chi connectivity index (χ3n) is 5.80. The summed E-state index contributed by atoms with van der Waals surface area (Å²) < 4.78 is 21.5. The number of halogens is 1. The predicted molar refractivity (Wildman–Crippen MR) is 127 cm³/mol. The summed E-state index contributed by atoms with van der Waals surface area (Å²) in [4.78, 5) is 40.4. The van der Waals surface area contributed by atoms with Gasteiger partial charge in [-0.05, 0) is 37.1 Å². The quantitative estimate of drug-likeness (QED) is 0.611. The molecule has 0 saturated carbocycles. The number of piperazine rings is 1. The van der Waals surface area contributed by atoms with E-state index in [9.17, 15) is 9.59 Å². The zero-order valence-corrected chi connectivity index (χ0v) is 18.8. The molecule has 3 heterocycles. The Morgan fingerprint density at radius 3 is 2.69 bits per heavy atom. The fraction of sp³-hybridized carbons (Fsp3) is 0.391. The smallest absolute Gasteiger partial charge is 0.270 e. The van der Waals surface area contributed by atoms with Crippen molar-refractivity contribution in [1.82, 2.24) is 25.2 Å². The Labute approximate surface area is 195 Å². The van der Waals surface area contributed by atoms with Gasteiger partial charge in [-0.15, -0.1) is 0 Å². The maximum absolute atomic E-state index is 12.2. The van der Waals surface area contributed by atoms with E-state index in [2.05, 4.69) is 24.8 Å². The maximum atomic E-state index is 12.2. The summed E-state index contributed by atoms with van der Waals surface area (Å²) in [5.74, 6) is -0.723. The number of hydrogen-bond acceptors (Lipinski definition) is 6. The van der Waals surface area contributed by atoms with Crippen LogP contribution in [0.5, 0.6) is 0 Å². The average Bonchev–Trinajstić information content (AvgIpc) is 2.80. The van der Waals surface area contributed by atoms with Crippen molar-refractivity contribution in [2.24, 2.45) is 0 Å². The number of fused-ring (bicyclic) bond motifs is 1. The molecule has 1 aliphatic rings. The van der Waals surface area contributed by atoms with Crippen molar-refractivity contribution < 1.29 is 8.91 Å². The minimum absolute atomic E-state index is 0.0746. The number of pyridine rings is 1. The number of hydrogen-bond donors (Lipinski definition) is 2. The van der Waals surface area contributed by atoms with Crippen molar-refractivity contribution in [3.63, 3.8) is 0 Å². The van der Waals surface area contributed by atoms with E-state index in [1.165, 1.54) is 0 Å². The molecule has 2 aromatic heterocycles. The zero-order chi connectivity index (χ0) is 25.3. The van der Waals surface area contributed by atoms with Gasteiger partial charge in [0.05, 0.1) is 27.4 Å². The molecule has 0 unspecified atom stereocenters. The van der Waals surface area contributed by atoms with Crippen molar-refractivity contribution in [2.45, 2.75) is 26.8 Å². The molecule has 0 atom stereocenters. The van der Waals surface area contributed by atoms with Gasteiger partial charge in [0.2, 0.25) is 0 Å². The molecule has 8 nitrogen and oxygen atoms in total. The van der Waals surface area contributed by atoms with Crippen LogP contribution in [0.2, 0.25) is 5.02 Å². The molecule has 3 aromatic rings. The topological polar surface area (TPSA) is 94.2 Å². The first-order chi connectivity index (χ1) is 16.6. The number of aromatic nitrogens is 3. The summed E-state index contributed by atoms with van der Waals surface area (Å²) in [5.41, 5.74) is 4.11. The largest absolute Gasteiger partial charge is 0.368 e. The molecule has 0 bridgehead atoms. The summed E-state index contributed by atoms with van der Waals surface area (Å²) in [7, 11) is 0. The highest BCUT2D eigenvalue weighted by molar-refractivity contribution is 6.35. The first-order valence-corrected chi connectivity index (χ1v) is 10.9. The molecule has 9 heteroatoms. The Morgan fingerprint density at radius 1 is 1.22 bits per heavy atom. The van der Waals surface area contributed by atoms with Crippen LogP contribution in [0.25, 0.3) is 11.0 Å². The SMILES string of the molecule is [2H]C([2H])([2H])NC(=O)c1ccc(N2CCN(Cc3ccc4nc(CC)c(=O)[nH]c4c3Cl)CC2)c(C)n1. The number of H-pyrrole nitrogens is 1. The lowest BCUT2D eigenvalue weighted by atomic mass is 10.1. The summed E-state index contributed by atoms with van der Waals surface area (Å²) in [6, 6.07) is 7.20. The summed E-state index contributed by atoms with van der Waals surface area (Å²) in [5, 5.41) is 2.48. The van der Waals surface area contributed by atoms with Crippen LogP contribution >= 0.6 is 11.6 Å². The van der Waals surface area contributed by atoms with Gasteiger partial charge < -0.3 is 15.2 Å². The number of rotatable bonds is 5. The van der Waals surface area contributed by atoms with Crippen LogP contribution in [0.1, 0.15) is 38.5 Å². The predicted octanol–water partition coefficient (Wildman–Crippen LogP) is 2.52. The number of nitrogens with zero attached hydrogens (tertiary/aromatic N) is 4. The van der Waals surface area contributed by atoms with E-state index in [-0.39, 0.29) is 11.3 Å². The molecule has 32 heavy (non-hydrogen) atoms. The lowest BCUT2D eigenvalue weighted by molar-refractivity contribution is 0.0958. The van der Waals surface area contributed by atoms with Gasteiger partial charge in [-0.2, -0.15) is 0 Å². The van der Waals surface area contributed by atoms with E-state index in [4.69, 9.17) is 15.7 Å². The van der Waals surface area contributed by atoms with Crippen LogP contribution < -0.4 is 15.8 Å². The highest BCUT2D eigenvalue weighted by Crippen LogP contribution is 2.26. The number of aryl methyl sites for hydroxylation is 2. The highest BCUT2D eigenvalue weighted by atomic mass is 35.5. The van der Waals surface area contributed by atoms with Crippen LogP contribution in [0, 0.1) is 6.92 Å². The van der Waals surface area contributed by atoms with Gasteiger partial charge in [0.25, 0.3) is 11.5 Å². The van der Waals surface area contributed by atoms with Crippen LogP contribution in [0.15, 0.2) is 29.1 Å². The molecule has 1 aliphatic heterocycles. The van der Waals surface area contributed by atoms with Crippen molar-refractivity contribution in [2.75, 3.05) is 38.1 Å². The van der Waals surface area contributed by atoms with E-state index in [1.807, 2.05) is 24.4 Å². The fourth-order valence-electron chi connectivity index (χ4n) is 4.03. The minimum Gasteiger partial charge on any atom is -0.368 e. The molecule has 1 amide bonds. The van der Waals surface area contributed by atoms with Crippen LogP contribution in [0.4, 0.5) is 5.69 Å². The molecule has 0 radical (unpaired) electrons. The van der Waals surface area contributed by atoms with E-state index < -0.39 is 12.9 Å². The highest BCUT2D eigenvalue weighted by Gasteiger charge is 2.21. The number of carbonyl (C=O) groups is 1. The first-order valence-electron chi connectivity index (χ1n) is 12.0. The summed E-state index contributed by atoms with van der Waals surface area (Å²) >= 11 is 6.63. The second-order valence-corrected chi connectivity index (χ2v) is 8.20. The van der Waals surface area contributed by atoms with Crippen molar-refractivity contribution in [3.05, 3.63) is 62.3 Å². The van der Waals surface area contributed by atoms with E-state index in [0.717, 1.165) is 37.4 Å². The van der Waals surface area contributed by atoms with Gasteiger partial charge in [0.15, 0.2) is 0 Å². The second-order valence-electron chi connectivity index (χ2n) is 7.82. The minimum atomic E-state index is -2.56. The number of carbonyl (C=O) groups excluding carboxylic acids is 1. The van der Waals surface area contributed by atoms with Crippen molar-refractivity contribution in [3.8, 4) is 0 Å². The Hall–Kier alpha value is -2.97. The lowest BCUT2D eigenvalue weighted by Crippen LogP contribution is -2.46. The Morgan fingerprint density at radius 2 is 2.00 bits per heavy atom. The monoisotopic (exact) mass is 457 g/mol. The van der Waals surface area contributed by atoms with Crippen LogP contribution in [0.3, 0.4) is 0 Å². The number of aromatic amines is 1. The molecule has 4 rings (SSSR count). The van der Waals surface area contributed by atoms with Gasteiger partial charge in [0, 0.05) is 43.8 Å². The number of amides is 1. The van der Waals surface area contributed by atoms with E-state index in [0.29, 0.717) is 40.4 Å². The van der Waals surface area contributed by atoms with Gasteiger partial charge in [-0.25, -0.2) is 9.97 Å². The average molecular weight is 458 g/mol. The Kier molecular flexibility index (Phi) is 5.38. The third-order valence-corrected chi connectivity index (χ3v) is 6.23. The summed E-state index contributed by atoms with van der Waals surface area (Å²) in [6.45, 7) is 4.88. The van der Waals surface area contributed by atoms with E-state index >= 15 is 0 Å². The van der Waals surface area contributed by atoms with Crippen molar-refractivity contribution in [1.29, 1.82) is 0 Å². The number of anilines is 1. The van der Waals surface area contributed by atoms with Crippen molar-refractivity contribution >= 4 is 34.2 Å². The fourth-order valence-corrected chi connectivity index (χ4v) is 4.30. The molecular formula is C23H27ClN6O2. The molecule has 2 N–H and O–H groups in total. The summed E-state index contributed by atoms with van der Waals surface area (Å²) in [6.07, 6.45) is 0.558. The first kappa shape index (κ1) is 18.6. The van der Waals surface area contributed by atoms with Gasteiger partial charge in [0.1, 0.15) is 11.4 Å². The molecule has 0 aliphatic carbocycles. The lowest BCUT2D eigenvalue weighted by Gasteiger charge is -2.36. The molecule has 0 spiro atoms. The Balaban J connectivity index is 1.42. The third kappa shape index (κ3) is 4.33. The molecular weight excluding hydrogens is 428 g/mol. The van der Waals surface area contributed by atoms with Crippen LogP contribution in [-0.2, 0) is 13.0 Å². The standard InChI is InChI=1S/C23H27ClN6O2/c1-4-16-23(32)28-21-17(27-16)6-5-15(20(21)24)13-29-9-11-30(12-10-29)19-8-7-18(22(31)25-3)26-14(19)2/h5-8H,4,9-13H2,1-3H3,(H,25,31)(H,28,32)/i3D3. The molecule has 168 valence electrons. The molecule has 1 fully saturated rings. The van der Waals surface area contributed by atoms with E-state index in [1.54, 1.807) is 19.1 Å². The maximum Gasteiger partial charge on any atom is 0.270 e. The molecule has 1 saturated heterocycles. The normalized spacial score (nSPS) is 16.5. The van der Waals surface area contributed by atoms with Crippen LogP contribution in [-0.4, -0.2) is 58.9 Å². The zero-order valence-electron chi connectivity index (χ0n) is 21.0.